The third kappa shape index (κ3) is 2.71. The van der Waals surface area contributed by atoms with E-state index in [0.29, 0.717) is 12.3 Å². The molecule has 0 spiro atoms. The maximum atomic E-state index is 9.48. The predicted octanol–water partition coefficient (Wildman–Crippen LogP) is 2.35. The zero-order chi connectivity index (χ0) is 9.84. The Bertz CT molecular complexity index is 276. The summed E-state index contributed by atoms with van der Waals surface area (Å²) in [5.41, 5.74) is 7.54. The number of hydrogen-bond donors (Lipinski definition) is 2. The number of hydrogen-bond acceptors (Lipinski definition) is 2. The topological polar surface area (TPSA) is 46.2 Å². The van der Waals surface area contributed by atoms with E-state index in [1.807, 2.05) is 19.1 Å². The highest BCUT2D eigenvalue weighted by Gasteiger charge is 2.03. The molecule has 3 N–H and O–H groups in total. The second-order valence-corrected chi connectivity index (χ2v) is 3.99. The van der Waals surface area contributed by atoms with Crippen molar-refractivity contribution in [3.05, 3.63) is 27.7 Å². The van der Waals surface area contributed by atoms with Crippen molar-refractivity contribution in [3.63, 3.8) is 0 Å². The Hall–Kier alpha value is -0.540. The molecule has 0 fully saturated rings. The minimum Gasteiger partial charge on any atom is -0.506 e. The fourth-order valence-electron chi connectivity index (χ4n) is 1.26. The van der Waals surface area contributed by atoms with Crippen LogP contribution in [0, 0.1) is 6.92 Å². The minimum absolute atomic E-state index is 0.330. The maximum absolute atomic E-state index is 9.48. The van der Waals surface area contributed by atoms with Crippen molar-refractivity contribution in [1.29, 1.82) is 0 Å². The molecule has 0 aliphatic heterocycles. The Morgan fingerprint density at radius 2 is 2.15 bits per heavy atom. The van der Waals surface area contributed by atoms with Gasteiger partial charge < -0.3 is 10.8 Å². The molecule has 1 aromatic rings. The van der Waals surface area contributed by atoms with E-state index in [1.165, 1.54) is 5.56 Å². The summed E-state index contributed by atoms with van der Waals surface area (Å²) in [6, 6.07) is 3.94. The van der Waals surface area contributed by atoms with Crippen LogP contribution in [0.1, 0.15) is 17.5 Å². The molecule has 0 radical (unpaired) electrons. The smallest absolute Gasteiger partial charge is 0.132 e. The molecule has 0 atom stereocenters. The van der Waals surface area contributed by atoms with E-state index in [0.717, 1.165) is 22.9 Å². The summed E-state index contributed by atoms with van der Waals surface area (Å²) in [6.45, 7) is 2.60. The number of nitrogens with two attached hydrogens (primary N) is 1. The monoisotopic (exact) mass is 243 g/mol. The standard InChI is InChI=1S/C10H14BrNO/c1-7-5-8(3-2-4-12)6-9(11)10(7)13/h5-6,13H,2-4,12H2,1H3. The normalized spacial score (nSPS) is 10.4. The van der Waals surface area contributed by atoms with Crippen molar-refractivity contribution < 1.29 is 5.11 Å². The lowest BCUT2D eigenvalue weighted by Crippen LogP contribution is -2.00. The minimum atomic E-state index is 0.330. The van der Waals surface area contributed by atoms with Crippen molar-refractivity contribution in [2.45, 2.75) is 19.8 Å². The highest BCUT2D eigenvalue weighted by atomic mass is 79.9. The van der Waals surface area contributed by atoms with E-state index in [2.05, 4.69) is 15.9 Å². The number of halogens is 1. The summed E-state index contributed by atoms with van der Waals surface area (Å²) < 4.78 is 0.763. The average molecular weight is 244 g/mol. The highest BCUT2D eigenvalue weighted by Crippen LogP contribution is 2.29. The van der Waals surface area contributed by atoms with E-state index in [-0.39, 0.29) is 0 Å². The third-order valence-electron chi connectivity index (χ3n) is 1.98. The number of benzene rings is 1. The molecule has 0 heterocycles. The van der Waals surface area contributed by atoms with Gasteiger partial charge in [-0.05, 0) is 59.4 Å². The van der Waals surface area contributed by atoms with Gasteiger partial charge in [0.2, 0.25) is 0 Å². The van der Waals surface area contributed by atoms with Gasteiger partial charge in [-0.25, -0.2) is 0 Å². The van der Waals surface area contributed by atoms with Crippen LogP contribution in [0.15, 0.2) is 16.6 Å². The van der Waals surface area contributed by atoms with Crippen LogP contribution in [0.25, 0.3) is 0 Å². The summed E-state index contributed by atoms with van der Waals surface area (Å²) in [6.07, 6.45) is 1.95. The molecule has 0 saturated carbocycles. The first-order valence-corrected chi connectivity index (χ1v) is 5.12. The van der Waals surface area contributed by atoms with Crippen LogP contribution in [0.2, 0.25) is 0 Å². The number of rotatable bonds is 3. The van der Waals surface area contributed by atoms with Gasteiger partial charge in [0.15, 0.2) is 0 Å². The highest BCUT2D eigenvalue weighted by molar-refractivity contribution is 9.10. The number of phenols is 1. The molecule has 0 saturated heterocycles. The molecule has 2 nitrogen and oxygen atoms in total. The summed E-state index contributed by atoms with van der Waals surface area (Å²) in [5, 5.41) is 9.48. The largest absolute Gasteiger partial charge is 0.506 e. The van der Waals surface area contributed by atoms with Crippen molar-refractivity contribution in [1.82, 2.24) is 0 Å². The first-order valence-electron chi connectivity index (χ1n) is 4.33. The summed E-state index contributed by atoms with van der Waals surface area (Å²) in [4.78, 5) is 0. The van der Waals surface area contributed by atoms with Crippen LogP contribution in [0.3, 0.4) is 0 Å². The molecule has 1 rings (SSSR count). The number of phenolic OH excluding ortho intramolecular Hbond substituents is 1. The van der Waals surface area contributed by atoms with Gasteiger partial charge in [0.05, 0.1) is 4.47 Å². The molecular weight excluding hydrogens is 230 g/mol. The second kappa shape index (κ2) is 4.63. The van der Waals surface area contributed by atoms with E-state index >= 15 is 0 Å². The van der Waals surface area contributed by atoms with Crippen LogP contribution >= 0.6 is 15.9 Å². The Labute approximate surface area is 86.9 Å². The quantitative estimate of drug-likeness (QED) is 0.857. The van der Waals surface area contributed by atoms with Crippen LogP contribution in [-0.2, 0) is 6.42 Å². The molecule has 0 bridgehead atoms. The van der Waals surface area contributed by atoms with Crippen LogP contribution in [0.5, 0.6) is 5.75 Å². The number of aromatic hydroxyl groups is 1. The SMILES string of the molecule is Cc1cc(CCCN)cc(Br)c1O. The Morgan fingerprint density at radius 3 is 2.69 bits per heavy atom. The van der Waals surface area contributed by atoms with Gasteiger partial charge in [-0.15, -0.1) is 0 Å². The lowest BCUT2D eigenvalue weighted by atomic mass is 10.1. The molecule has 72 valence electrons. The number of aryl methyl sites for hydroxylation is 2. The Balaban J connectivity index is 2.86. The second-order valence-electron chi connectivity index (χ2n) is 3.14. The van der Waals surface area contributed by atoms with E-state index < -0.39 is 0 Å². The fraction of sp³-hybridized carbons (Fsp3) is 0.400. The van der Waals surface area contributed by atoms with Gasteiger partial charge >= 0.3 is 0 Å². The lowest BCUT2D eigenvalue weighted by Gasteiger charge is -2.05. The molecular formula is C10H14BrNO. The third-order valence-corrected chi connectivity index (χ3v) is 2.59. The zero-order valence-corrected chi connectivity index (χ0v) is 9.26. The van der Waals surface area contributed by atoms with E-state index in [4.69, 9.17) is 5.73 Å². The Morgan fingerprint density at radius 1 is 1.46 bits per heavy atom. The summed E-state index contributed by atoms with van der Waals surface area (Å²) >= 11 is 3.31. The van der Waals surface area contributed by atoms with Crippen LogP contribution < -0.4 is 5.73 Å². The summed E-state index contributed by atoms with van der Waals surface area (Å²) in [7, 11) is 0. The zero-order valence-electron chi connectivity index (χ0n) is 7.68. The van der Waals surface area contributed by atoms with Crippen LogP contribution in [0.4, 0.5) is 0 Å². The van der Waals surface area contributed by atoms with Crippen molar-refractivity contribution >= 4 is 15.9 Å². The van der Waals surface area contributed by atoms with Crippen molar-refractivity contribution in [2.24, 2.45) is 5.73 Å². The lowest BCUT2D eigenvalue weighted by molar-refractivity contribution is 0.467. The molecule has 0 amide bonds. The van der Waals surface area contributed by atoms with Gasteiger partial charge in [0.25, 0.3) is 0 Å². The van der Waals surface area contributed by atoms with Crippen LogP contribution in [-0.4, -0.2) is 11.7 Å². The average Bonchev–Trinajstić information content (AvgIpc) is 2.10. The van der Waals surface area contributed by atoms with E-state index in [1.54, 1.807) is 0 Å². The van der Waals surface area contributed by atoms with Crippen molar-refractivity contribution in [3.8, 4) is 5.75 Å². The van der Waals surface area contributed by atoms with Crippen molar-refractivity contribution in [2.75, 3.05) is 6.54 Å². The maximum Gasteiger partial charge on any atom is 0.132 e. The summed E-state index contributed by atoms with van der Waals surface area (Å²) in [5.74, 6) is 0.330. The predicted molar refractivity (Wildman–Crippen MR) is 57.9 cm³/mol. The molecule has 0 aromatic heterocycles. The molecule has 1 aromatic carbocycles. The van der Waals surface area contributed by atoms with Gasteiger partial charge in [0.1, 0.15) is 5.75 Å². The first-order chi connectivity index (χ1) is 6.15. The first kappa shape index (κ1) is 10.5. The molecule has 13 heavy (non-hydrogen) atoms. The molecule has 0 unspecified atom stereocenters. The molecule has 0 aliphatic carbocycles. The van der Waals surface area contributed by atoms with Gasteiger partial charge in [0, 0.05) is 0 Å². The van der Waals surface area contributed by atoms with E-state index in [9.17, 15) is 5.11 Å². The van der Waals surface area contributed by atoms with Gasteiger partial charge in [-0.2, -0.15) is 0 Å². The molecule has 3 heteroatoms. The van der Waals surface area contributed by atoms with Gasteiger partial charge in [-0.1, -0.05) is 6.07 Å². The van der Waals surface area contributed by atoms with Gasteiger partial charge in [-0.3, -0.25) is 0 Å². The fourth-order valence-corrected chi connectivity index (χ4v) is 1.86. The molecule has 0 aliphatic rings. The Kier molecular flexibility index (Phi) is 3.75.